The Morgan fingerprint density at radius 2 is 2.62 bits per heavy atom. The maximum Gasteiger partial charge on any atom is 0.0952 e. The summed E-state index contributed by atoms with van der Waals surface area (Å²) in [5.74, 6) is 1.15. The molecule has 0 amide bonds. The molecule has 46 valence electrons. The van der Waals surface area contributed by atoms with Crippen molar-refractivity contribution in [2.45, 2.75) is 25.6 Å². The molecule has 1 aliphatic heterocycles. The van der Waals surface area contributed by atoms with E-state index in [9.17, 15) is 0 Å². The zero-order valence-electron chi connectivity index (χ0n) is 5.35. The summed E-state index contributed by atoms with van der Waals surface area (Å²) in [5.41, 5.74) is 1.31. The predicted octanol–water partition coefficient (Wildman–Crippen LogP) is 1.93. The van der Waals surface area contributed by atoms with Crippen LogP contribution in [-0.4, -0.2) is 16.8 Å². The summed E-state index contributed by atoms with van der Waals surface area (Å²) < 4.78 is 0. The Morgan fingerprint density at radius 3 is 2.88 bits per heavy atom. The van der Waals surface area contributed by atoms with E-state index in [-0.39, 0.29) is 0 Å². The topological polar surface area (TPSA) is 12.4 Å². The minimum absolute atomic E-state index is 0.579. The van der Waals surface area contributed by atoms with Gasteiger partial charge < -0.3 is 0 Å². The van der Waals surface area contributed by atoms with Gasteiger partial charge in [0.1, 0.15) is 0 Å². The van der Waals surface area contributed by atoms with Crippen LogP contribution in [0.15, 0.2) is 4.99 Å². The molecule has 8 heavy (non-hydrogen) atoms. The first-order chi connectivity index (χ1) is 3.83. The molecule has 0 unspecified atom stereocenters. The molecule has 1 rings (SSSR count). The van der Waals surface area contributed by atoms with Crippen LogP contribution in [0.3, 0.4) is 0 Å². The lowest BCUT2D eigenvalue weighted by atomic mass is 10.4. The van der Waals surface area contributed by atoms with E-state index in [0.717, 1.165) is 5.75 Å². The first-order valence-electron chi connectivity index (χ1n) is 2.98. The van der Waals surface area contributed by atoms with E-state index < -0.39 is 0 Å². The third kappa shape index (κ3) is 1.25. The van der Waals surface area contributed by atoms with E-state index >= 15 is 0 Å². The van der Waals surface area contributed by atoms with Gasteiger partial charge in [0.15, 0.2) is 0 Å². The monoisotopic (exact) mass is 129 g/mol. The molecule has 0 radical (unpaired) electrons. The highest BCUT2D eigenvalue weighted by Gasteiger charge is 2.11. The van der Waals surface area contributed by atoms with Crippen LogP contribution in [0.2, 0.25) is 0 Å². The van der Waals surface area contributed by atoms with Crippen molar-refractivity contribution in [2.75, 3.05) is 5.75 Å². The van der Waals surface area contributed by atoms with Gasteiger partial charge in [-0.25, -0.2) is 0 Å². The van der Waals surface area contributed by atoms with Crippen molar-refractivity contribution in [2.24, 2.45) is 4.99 Å². The van der Waals surface area contributed by atoms with Gasteiger partial charge in [0, 0.05) is 11.5 Å². The third-order valence-corrected chi connectivity index (χ3v) is 2.61. The average molecular weight is 129 g/mol. The Labute approximate surface area is 54.6 Å². The van der Waals surface area contributed by atoms with Crippen molar-refractivity contribution in [3.63, 3.8) is 0 Å². The summed E-state index contributed by atoms with van der Waals surface area (Å²) >= 11 is 1.95. The van der Waals surface area contributed by atoms with Gasteiger partial charge >= 0.3 is 0 Å². The van der Waals surface area contributed by atoms with Gasteiger partial charge in [0.25, 0.3) is 0 Å². The molecule has 0 spiro atoms. The van der Waals surface area contributed by atoms with Crippen molar-refractivity contribution < 1.29 is 0 Å². The van der Waals surface area contributed by atoms with Crippen LogP contribution in [-0.2, 0) is 0 Å². The lowest BCUT2D eigenvalue weighted by molar-refractivity contribution is 0.880. The van der Waals surface area contributed by atoms with Crippen LogP contribution in [0.4, 0.5) is 0 Å². The second-order valence-electron chi connectivity index (χ2n) is 2.04. The maximum atomic E-state index is 4.39. The number of hydrogen-bond acceptors (Lipinski definition) is 2. The summed E-state index contributed by atoms with van der Waals surface area (Å²) in [6.45, 7) is 4.28. The van der Waals surface area contributed by atoms with Crippen molar-refractivity contribution in [3.8, 4) is 0 Å². The molecule has 0 aromatic carbocycles. The SMILES string of the molecule is CC[C@H]1N=C(C)CS1. The lowest BCUT2D eigenvalue weighted by Gasteiger charge is -1.96. The van der Waals surface area contributed by atoms with Gasteiger partial charge in [0.05, 0.1) is 5.37 Å². The molecule has 0 saturated heterocycles. The molecule has 0 fully saturated rings. The smallest absolute Gasteiger partial charge is 0.0952 e. The number of hydrogen-bond donors (Lipinski definition) is 0. The molecular weight excluding hydrogens is 118 g/mol. The summed E-state index contributed by atoms with van der Waals surface area (Å²) in [6, 6.07) is 0. The molecular formula is C6H11NS. The van der Waals surface area contributed by atoms with E-state index in [2.05, 4.69) is 18.8 Å². The highest BCUT2D eigenvalue weighted by molar-refractivity contribution is 8.00. The first kappa shape index (κ1) is 6.14. The van der Waals surface area contributed by atoms with Gasteiger partial charge in [-0.1, -0.05) is 6.92 Å². The largest absolute Gasteiger partial charge is 0.279 e. The van der Waals surface area contributed by atoms with Crippen LogP contribution >= 0.6 is 11.8 Å². The number of rotatable bonds is 1. The van der Waals surface area contributed by atoms with Crippen LogP contribution in [0.1, 0.15) is 20.3 Å². The molecule has 0 aromatic rings. The van der Waals surface area contributed by atoms with E-state index in [4.69, 9.17) is 0 Å². The van der Waals surface area contributed by atoms with E-state index in [1.807, 2.05) is 11.8 Å². The van der Waals surface area contributed by atoms with E-state index in [1.165, 1.54) is 12.1 Å². The lowest BCUT2D eigenvalue weighted by Crippen LogP contribution is -1.88. The summed E-state index contributed by atoms with van der Waals surface area (Å²) in [7, 11) is 0. The van der Waals surface area contributed by atoms with Crippen molar-refractivity contribution >= 4 is 17.5 Å². The molecule has 0 bridgehead atoms. The number of thioether (sulfide) groups is 1. The fourth-order valence-electron chi connectivity index (χ4n) is 0.746. The summed E-state index contributed by atoms with van der Waals surface area (Å²) in [6.07, 6.45) is 1.18. The Bertz CT molecular complexity index is 109. The normalized spacial score (nSPS) is 28.2. The van der Waals surface area contributed by atoms with Crippen molar-refractivity contribution in [1.82, 2.24) is 0 Å². The van der Waals surface area contributed by atoms with Crippen LogP contribution in [0.25, 0.3) is 0 Å². The van der Waals surface area contributed by atoms with Gasteiger partial charge in [-0.15, -0.1) is 11.8 Å². The Kier molecular flexibility index (Phi) is 1.95. The average Bonchev–Trinajstić information content (AvgIpc) is 2.14. The molecule has 1 nitrogen and oxygen atoms in total. The number of nitrogens with zero attached hydrogens (tertiary/aromatic N) is 1. The fourth-order valence-corrected chi connectivity index (χ4v) is 1.74. The van der Waals surface area contributed by atoms with Crippen LogP contribution < -0.4 is 0 Å². The minimum Gasteiger partial charge on any atom is -0.279 e. The Morgan fingerprint density at radius 1 is 1.88 bits per heavy atom. The van der Waals surface area contributed by atoms with Crippen molar-refractivity contribution in [1.29, 1.82) is 0 Å². The highest BCUT2D eigenvalue weighted by atomic mass is 32.2. The Balaban J connectivity index is 2.41. The zero-order valence-corrected chi connectivity index (χ0v) is 6.16. The van der Waals surface area contributed by atoms with Crippen LogP contribution in [0, 0.1) is 0 Å². The van der Waals surface area contributed by atoms with Crippen LogP contribution in [0.5, 0.6) is 0 Å². The predicted molar refractivity (Wildman–Crippen MR) is 39.6 cm³/mol. The molecule has 0 N–H and O–H groups in total. The second-order valence-corrected chi connectivity index (χ2v) is 3.20. The molecule has 0 aromatic heterocycles. The molecule has 0 saturated carbocycles. The standard InChI is InChI=1S/C6H11NS/c1-3-6-7-5(2)4-8-6/h6H,3-4H2,1-2H3/t6-/m0/s1. The molecule has 0 aliphatic carbocycles. The van der Waals surface area contributed by atoms with Crippen molar-refractivity contribution in [3.05, 3.63) is 0 Å². The Hall–Kier alpha value is 0.0200. The molecule has 1 aliphatic rings. The molecule has 2 heteroatoms. The van der Waals surface area contributed by atoms with Gasteiger partial charge in [-0.2, -0.15) is 0 Å². The first-order valence-corrected chi connectivity index (χ1v) is 4.02. The zero-order chi connectivity index (χ0) is 5.98. The molecule has 1 atom stereocenters. The van der Waals surface area contributed by atoms with E-state index in [1.54, 1.807) is 0 Å². The summed E-state index contributed by atoms with van der Waals surface area (Å²) in [4.78, 5) is 4.39. The van der Waals surface area contributed by atoms with Gasteiger partial charge in [-0.3, -0.25) is 4.99 Å². The molecule has 1 heterocycles. The maximum absolute atomic E-state index is 4.39. The minimum atomic E-state index is 0.579. The second kappa shape index (κ2) is 2.53. The highest BCUT2D eigenvalue weighted by Crippen LogP contribution is 2.21. The fraction of sp³-hybridized carbons (Fsp3) is 0.833. The van der Waals surface area contributed by atoms with E-state index in [0.29, 0.717) is 5.37 Å². The summed E-state index contributed by atoms with van der Waals surface area (Å²) in [5, 5.41) is 0.579. The number of aliphatic imine (C=N–C) groups is 1. The quantitative estimate of drug-likeness (QED) is 0.527. The third-order valence-electron chi connectivity index (χ3n) is 1.20. The van der Waals surface area contributed by atoms with Gasteiger partial charge in [0.2, 0.25) is 0 Å². The van der Waals surface area contributed by atoms with Gasteiger partial charge in [-0.05, 0) is 13.3 Å².